The van der Waals surface area contributed by atoms with Crippen LogP contribution >= 0.6 is 11.8 Å². The zero-order valence-corrected chi connectivity index (χ0v) is 19.1. The molecule has 0 unspecified atom stereocenters. The van der Waals surface area contributed by atoms with Crippen LogP contribution in [0.15, 0.2) is 77.8 Å². The molecular formula is C26H21F2N3O2S. The lowest BCUT2D eigenvalue weighted by Crippen LogP contribution is -2.43. The Morgan fingerprint density at radius 3 is 2.35 bits per heavy atom. The van der Waals surface area contributed by atoms with Crippen molar-refractivity contribution in [1.82, 2.24) is 9.88 Å². The number of fused-ring (bicyclic) bond motifs is 3. The van der Waals surface area contributed by atoms with E-state index in [1.807, 2.05) is 35.9 Å². The highest BCUT2D eigenvalue weighted by Crippen LogP contribution is 2.43. The minimum absolute atomic E-state index is 0.135. The number of carbonyl (C=O) groups is 2. The van der Waals surface area contributed by atoms with Gasteiger partial charge in [0.2, 0.25) is 11.8 Å². The molecule has 3 aromatic carbocycles. The molecule has 5 nitrogen and oxygen atoms in total. The van der Waals surface area contributed by atoms with Gasteiger partial charge >= 0.3 is 0 Å². The van der Waals surface area contributed by atoms with E-state index in [0.717, 1.165) is 27.1 Å². The van der Waals surface area contributed by atoms with E-state index in [0.29, 0.717) is 5.69 Å². The Morgan fingerprint density at radius 1 is 1.00 bits per heavy atom. The molecule has 2 heterocycles. The molecule has 0 bridgehead atoms. The van der Waals surface area contributed by atoms with Gasteiger partial charge in [0.15, 0.2) is 0 Å². The van der Waals surface area contributed by atoms with E-state index in [1.165, 1.54) is 53.1 Å². The van der Waals surface area contributed by atoms with Crippen molar-refractivity contribution in [2.75, 3.05) is 10.7 Å². The number of halogens is 2. The molecule has 34 heavy (non-hydrogen) atoms. The van der Waals surface area contributed by atoms with Crippen LogP contribution < -0.4 is 10.2 Å². The minimum Gasteiger partial charge on any atom is -0.350 e. The second-order valence-electron chi connectivity index (χ2n) is 8.07. The molecule has 4 aromatic rings. The van der Waals surface area contributed by atoms with Crippen LogP contribution in [-0.2, 0) is 23.2 Å². The summed E-state index contributed by atoms with van der Waals surface area (Å²) in [6.07, 6.45) is 0. The van der Waals surface area contributed by atoms with Gasteiger partial charge in [0.05, 0.1) is 10.8 Å². The maximum absolute atomic E-state index is 13.7. The second-order valence-corrected chi connectivity index (χ2v) is 9.03. The van der Waals surface area contributed by atoms with Crippen LogP contribution in [0.2, 0.25) is 0 Å². The molecule has 0 saturated heterocycles. The van der Waals surface area contributed by atoms with E-state index in [9.17, 15) is 18.4 Å². The number of hydrogen-bond donors (Lipinski definition) is 1. The molecule has 0 saturated carbocycles. The Bertz CT molecular complexity index is 1380. The largest absolute Gasteiger partial charge is 0.350 e. The molecular weight excluding hydrogens is 456 g/mol. The molecule has 1 aliphatic rings. The summed E-state index contributed by atoms with van der Waals surface area (Å²) in [6.45, 7) is 0.175. The van der Waals surface area contributed by atoms with E-state index < -0.39 is 11.9 Å². The van der Waals surface area contributed by atoms with E-state index >= 15 is 0 Å². The van der Waals surface area contributed by atoms with Crippen LogP contribution in [0.3, 0.4) is 0 Å². The highest BCUT2D eigenvalue weighted by molar-refractivity contribution is 8.00. The lowest BCUT2D eigenvalue weighted by Gasteiger charge is -2.30. The zero-order chi connectivity index (χ0) is 23.8. The molecule has 2 amide bonds. The summed E-state index contributed by atoms with van der Waals surface area (Å²) >= 11 is 1.38. The van der Waals surface area contributed by atoms with E-state index in [4.69, 9.17) is 0 Å². The van der Waals surface area contributed by atoms with Gasteiger partial charge < -0.3 is 9.88 Å². The fraction of sp³-hybridized carbons (Fsp3) is 0.154. The number of hydrogen-bond acceptors (Lipinski definition) is 3. The van der Waals surface area contributed by atoms with Crippen molar-refractivity contribution in [3.63, 3.8) is 0 Å². The van der Waals surface area contributed by atoms with Gasteiger partial charge in [0.1, 0.15) is 17.7 Å². The Balaban J connectivity index is 1.63. The fourth-order valence-electron chi connectivity index (χ4n) is 4.34. The number of anilines is 1. The topological polar surface area (TPSA) is 54.3 Å². The second kappa shape index (κ2) is 8.95. The number of benzene rings is 3. The lowest BCUT2D eigenvalue weighted by molar-refractivity contribution is -0.125. The highest BCUT2D eigenvalue weighted by Gasteiger charge is 2.39. The van der Waals surface area contributed by atoms with Crippen LogP contribution in [0.4, 0.5) is 14.5 Å². The third-order valence-corrected chi connectivity index (χ3v) is 7.11. The Hall–Kier alpha value is -3.65. The molecule has 0 radical (unpaired) electrons. The van der Waals surface area contributed by atoms with Crippen LogP contribution in [0, 0.1) is 11.6 Å². The molecule has 0 aliphatic carbocycles. The number of nitrogens with zero attached hydrogens (tertiary/aromatic N) is 2. The molecule has 172 valence electrons. The molecule has 5 rings (SSSR count). The maximum atomic E-state index is 13.7. The third kappa shape index (κ3) is 3.94. The van der Waals surface area contributed by atoms with Crippen LogP contribution in [0.5, 0.6) is 0 Å². The average Bonchev–Trinajstić information content (AvgIpc) is 3.02. The van der Waals surface area contributed by atoms with Gasteiger partial charge in [-0.05, 0) is 48.0 Å². The first-order chi connectivity index (χ1) is 16.4. The normalized spacial score (nSPS) is 15.8. The molecule has 8 heteroatoms. The van der Waals surface area contributed by atoms with Gasteiger partial charge in [0.25, 0.3) is 0 Å². The summed E-state index contributed by atoms with van der Waals surface area (Å²) in [5.74, 6) is -1.27. The van der Waals surface area contributed by atoms with Crippen molar-refractivity contribution in [2.45, 2.75) is 17.6 Å². The number of amides is 2. The predicted molar refractivity (Wildman–Crippen MR) is 129 cm³/mol. The minimum atomic E-state index is -0.963. The summed E-state index contributed by atoms with van der Waals surface area (Å²) in [5.41, 5.74) is 2.85. The number of para-hydroxylation sites is 1. The summed E-state index contributed by atoms with van der Waals surface area (Å²) in [5, 5.41) is 4.62. The zero-order valence-electron chi connectivity index (χ0n) is 18.3. The molecule has 0 fully saturated rings. The molecule has 0 spiro atoms. The van der Waals surface area contributed by atoms with Crippen molar-refractivity contribution in [3.05, 3.63) is 95.6 Å². The average molecular weight is 478 g/mol. The summed E-state index contributed by atoms with van der Waals surface area (Å²) in [4.78, 5) is 28.5. The maximum Gasteiger partial charge on any atom is 0.248 e. The Labute approximate surface area is 199 Å². The first-order valence-electron chi connectivity index (χ1n) is 10.7. The van der Waals surface area contributed by atoms with Gasteiger partial charge in [-0.15, -0.1) is 0 Å². The Kier molecular flexibility index (Phi) is 5.83. The fourth-order valence-corrected chi connectivity index (χ4v) is 5.41. The SMILES string of the molecule is Cn1c2c(c3ccccc31)[C@@H](C(=O)NCc1ccc(F)cc1)N(c1ccc(F)cc1)C(=O)CS2. The number of thioether (sulfide) groups is 1. The molecule has 1 aromatic heterocycles. The van der Waals surface area contributed by atoms with Gasteiger partial charge in [0, 0.05) is 35.7 Å². The molecule has 1 N–H and O–H groups in total. The van der Waals surface area contributed by atoms with Gasteiger partial charge in [-0.25, -0.2) is 8.78 Å². The van der Waals surface area contributed by atoms with E-state index in [-0.39, 0.29) is 29.9 Å². The highest BCUT2D eigenvalue weighted by atomic mass is 32.2. The number of aromatic nitrogens is 1. The van der Waals surface area contributed by atoms with Crippen molar-refractivity contribution in [3.8, 4) is 0 Å². The van der Waals surface area contributed by atoms with E-state index in [2.05, 4.69) is 5.32 Å². The van der Waals surface area contributed by atoms with Crippen LogP contribution in [-0.4, -0.2) is 22.1 Å². The summed E-state index contributed by atoms with van der Waals surface area (Å²) in [6, 6.07) is 18.2. The van der Waals surface area contributed by atoms with Crippen molar-refractivity contribution >= 4 is 40.2 Å². The lowest BCUT2D eigenvalue weighted by atomic mass is 10.0. The van der Waals surface area contributed by atoms with Gasteiger partial charge in [-0.2, -0.15) is 0 Å². The number of carbonyl (C=O) groups excluding carboxylic acids is 2. The van der Waals surface area contributed by atoms with Gasteiger partial charge in [-0.1, -0.05) is 42.1 Å². The Morgan fingerprint density at radius 2 is 1.65 bits per heavy atom. The monoisotopic (exact) mass is 477 g/mol. The van der Waals surface area contributed by atoms with Crippen molar-refractivity contribution < 1.29 is 18.4 Å². The standard InChI is InChI=1S/C26H21F2N3O2S/c1-30-21-5-3-2-4-20(21)23-24(25(33)29-14-16-6-8-17(27)9-7-16)31(22(32)15-34-26(23)30)19-12-10-18(28)11-13-19/h2-13,24H,14-15H2,1H3,(H,29,33)/t24-/m0/s1. The third-order valence-electron chi connectivity index (χ3n) is 5.96. The quantitative estimate of drug-likeness (QED) is 0.452. The smallest absolute Gasteiger partial charge is 0.248 e. The molecule has 1 aliphatic heterocycles. The van der Waals surface area contributed by atoms with Crippen molar-refractivity contribution in [2.24, 2.45) is 7.05 Å². The van der Waals surface area contributed by atoms with Crippen LogP contribution in [0.25, 0.3) is 10.9 Å². The van der Waals surface area contributed by atoms with Crippen molar-refractivity contribution in [1.29, 1.82) is 0 Å². The first-order valence-corrected chi connectivity index (χ1v) is 11.7. The number of rotatable bonds is 4. The number of nitrogens with one attached hydrogen (secondary N) is 1. The number of aryl methyl sites for hydroxylation is 1. The predicted octanol–water partition coefficient (Wildman–Crippen LogP) is 4.95. The van der Waals surface area contributed by atoms with E-state index in [1.54, 1.807) is 12.1 Å². The van der Waals surface area contributed by atoms with Gasteiger partial charge in [-0.3, -0.25) is 14.5 Å². The molecule has 1 atom stereocenters. The summed E-state index contributed by atoms with van der Waals surface area (Å²) < 4.78 is 28.9. The van der Waals surface area contributed by atoms with Crippen LogP contribution in [0.1, 0.15) is 17.2 Å². The summed E-state index contributed by atoms with van der Waals surface area (Å²) in [7, 11) is 1.92. The first kappa shape index (κ1) is 22.2.